The maximum absolute atomic E-state index is 11.6. The van der Waals surface area contributed by atoms with Crippen molar-refractivity contribution in [2.45, 2.75) is 20.4 Å². The molecule has 1 heterocycles. The summed E-state index contributed by atoms with van der Waals surface area (Å²) >= 11 is 0. The maximum atomic E-state index is 11.6. The summed E-state index contributed by atoms with van der Waals surface area (Å²) in [6.45, 7) is 4.13. The molecule has 0 aliphatic heterocycles. The fourth-order valence-electron chi connectivity index (χ4n) is 1.83. The van der Waals surface area contributed by atoms with Gasteiger partial charge in [0.25, 0.3) is 5.91 Å². The van der Waals surface area contributed by atoms with Crippen LogP contribution in [0.2, 0.25) is 0 Å². The standard InChI is InChI=1S/C16H19N5O2/c1-10(2)16(23)21-12-5-3-11(4-6-12)9-20-15-13(14(17)22)18-7-8-19-15/h3-8,10H,9H2,1-2H3,(H2,17,22)(H,19,20)(H,21,23). The summed E-state index contributed by atoms with van der Waals surface area (Å²) in [5, 5.41) is 5.85. The highest BCUT2D eigenvalue weighted by atomic mass is 16.2. The highest BCUT2D eigenvalue weighted by Gasteiger charge is 2.10. The highest BCUT2D eigenvalue weighted by molar-refractivity contribution is 5.95. The van der Waals surface area contributed by atoms with Gasteiger partial charge >= 0.3 is 0 Å². The van der Waals surface area contributed by atoms with E-state index in [1.54, 1.807) is 0 Å². The van der Waals surface area contributed by atoms with E-state index in [9.17, 15) is 9.59 Å². The zero-order valence-corrected chi connectivity index (χ0v) is 13.0. The number of nitrogens with two attached hydrogens (primary N) is 1. The van der Waals surface area contributed by atoms with Gasteiger partial charge in [0.2, 0.25) is 5.91 Å². The van der Waals surface area contributed by atoms with Crippen LogP contribution < -0.4 is 16.4 Å². The quantitative estimate of drug-likeness (QED) is 0.753. The SMILES string of the molecule is CC(C)C(=O)Nc1ccc(CNc2nccnc2C(N)=O)cc1. The topological polar surface area (TPSA) is 110 Å². The Bertz CT molecular complexity index is 698. The molecule has 1 aromatic heterocycles. The van der Waals surface area contributed by atoms with Crippen LogP contribution in [0.5, 0.6) is 0 Å². The van der Waals surface area contributed by atoms with Gasteiger partial charge in [-0.15, -0.1) is 0 Å². The Balaban J connectivity index is 1.99. The molecule has 1 aromatic carbocycles. The Kier molecular flexibility index (Phi) is 5.24. The molecule has 2 rings (SSSR count). The van der Waals surface area contributed by atoms with Gasteiger partial charge in [-0.2, -0.15) is 0 Å². The smallest absolute Gasteiger partial charge is 0.271 e. The summed E-state index contributed by atoms with van der Waals surface area (Å²) in [7, 11) is 0. The Morgan fingerprint density at radius 1 is 1.13 bits per heavy atom. The van der Waals surface area contributed by atoms with Crippen LogP contribution in [-0.4, -0.2) is 21.8 Å². The predicted octanol–water partition coefficient (Wildman–Crippen LogP) is 1.78. The lowest BCUT2D eigenvalue weighted by Gasteiger charge is -2.10. The van der Waals surface area contributed by atoms with Crippen molar-refractivity contribution >= 4 is 23.3 Å². The number of hydrogen-bond donors (Lipinski definition) is 3. The summed E-state index contributed by atoms with van der Waals surface area (Å²) in [5.41, 5.74) is 7.06. The number of nitrogens with one attached hydrogen (secondary N) is 2. The Morgan fingerprint density at radius 3 is 2.39 bits per heavy atom. The van der Waals surface area contributed by atoms with Gasteiger partial charge < -0.3 is 16.4 Å². The summed E-state index contributed by atoms with van der Waals surface area (Å²) in [6, 6.07) is 7.40. The van der Waals surface area contributed by atoms with Crippen molar-refractivity contribution in [2.75, 3.05) is 10.6 Å². The molecule has 7 nitrogen and oxygen atoms in total. The van der Waals surface area contributed by atoms with Gasteiger partial charge in [0.05, 0.1) is 0 Å². The lowest BCUT2D eigenvalue weighted by atomic mass is 10.1. The second-order valence-corrected chi connectivity index (χ2v) is 5.31. The van der Waals surface area contributed by atoms with Crippen LogP contribution in [0, 0.1) is 5.92 Å². The van der Waals surface area contributed by atoms with Crippen molar-refractivity contribution in [3.8, 4) is 0 Å². The van der Waals surface area contributed by atoms with E-state index in [0.29, 0.717) is 12.4 Å². The molecule has 0 fully saturated rings. The number of nitrogens with zero attached hydrogens (tertiary/aromatic N) is 2. The minimum absolute atomic E-state index is 0.0264. The molecule has 0 saturated heterocycles. The summed E-state index contributed by atoms with van der Waals surface area (Å²) in [5.74, 6) is -0.383. The third-order valence-corrected chi connectivity index (χ3v) is 3.14. The van der Waals surface area contributed by atoms with E-state index in [2.05, 4.69) is 20.6 Å². The molecule has 120 valence electrons. The summed E-state index contributed by atoms with van der Waals surface area (Å²) in [6.07, 6.45) is 2.90. The molecule has 0 aliphatic rings. The molecule has 2 aromatic rings. The van der Waals surface area contributed by atoms with Gasteiger partial charge in [-0.1, -0.05) is 26.0 Å². The summed E-state index contributed by atoms with van der Waals surface area (Å²) < 4.78 is 0. The van der Waals surface area contributed by atoms with Crippen LogP contribution in [-0.2, 0) is 11.3 Å². The molecule has 0 radical (unpaired) electrons. The van der Waals surface area contributed by atoms with Crippen LogP contribution in [0.1, 0.15) is 29.9 Å². The number of primary amides is 1. The zero-order valence-electron chi connectivity index (χ0n) is 13.0. The number of anilines is 2. The first-order valence-corrected chi connectivity index (χ1v) is 7.22. The van der Waals surface area contributed by atoms with Crippen molar-refractivity contribution in [3.05, 3.63) is 47.9 Å². The molecule has 7 heteroatoms. The first-order valence-electron chi connectivity index (χ1n) is 7.22. The summed E-state index contributed by atoms with van der Waals surface area (Å²) in [4.78, 5) is 30.9. The molecule has 2 amide bonds. The van der Waals surface area contributed by atoms with Gasteiger partial charge in [0.1, 0.15) is 0 Å². The monoisotopic (exact) mass is 313 g/mol. The van der Waals surface area contributed by atoms with E-state index >= 15 is 0 Å². The van der Waals surface area contributed by atoms with Crippen LogP contribution in [0.25, 0.3) is 0 Å². The van der Waals surface area contributed by atoms with Gasteiger partial charge in [-0.05, 0) is 17.7 Å². The molecule has 0 saturated carbocycles. The number of carbonyl (C=O) groups is 2. The van der Waals surface area contributed by atoms with Gasteiger partial charge in [-0.25, -0.2) is 9.97 Å². The average molecular weight is 313 g/mol. The van der Waals surface area contributed by atoms with E-state index < -0.39 is 5.91 Å². The van der Waals surface area contributed by atoms with Crippen LogP contribution in [0.15, 0.2) is 36.7 Å². The number of benzene rings is 1. The average Bonchev–Trinajstić information content (AvgIpc) is 2.54. The van der Waals surface area contributed by atoms with Crippen molar-refractivity contribution in [1.82, 2.24) is 9.97 Å². The molecule has 0 aliphatic carbocycles. The van der Waals surface area contributed by atoms with Gasteiger partial charge in [-0.3, -0.25) is 9.59 Å². The second kappa shape index (κ2) is 7.35. The van der Waals surface area contributed by atoms with Crippen LogP contribution in [0.3, 0.4) is 0 Å². The fraction of sp³-hybridized carbons (Fsp3) is 0.250. The Morgan fingerprint density at radius 2 is 1.78 bits per heavy atom. The fourth-order valence-corrected chi connectivity index (χ4v) is 1.83. The van der Waals surface area contributed by atoms with E-state index in [-0.39, 0.29) is 17.5 Å². The minimum Gasteiger partial charge on any atom is -0.364 e. The molecule has 0 atom stereocenters. The predicted molar refractivity (Wildman–Crippen MR) is 87.8 cm³/mol. The molecule has 0 spiro atoms. The van der Waals surface area contributed by atoms with Gasteiger partial charge in [0.15, 0.2) is 11.5 Å². The molecular weight excluding hydrogens is 294 g/mol. The first-order chi connectivity index (χ1) is 11.0. The molecule has 23 heavy (non-hydrogen) atoms. The van der Waals surface area contributed by atoms with Gasteiger partial charge in [0, 0.05) is 30.5 Å². The second-order valence-electron chi connectivity index (χ2n) is 5.31. The lowest BCUT2D eigenvalue weighted by molar-refractivity contribution is -0.118. The van der Waals surface area contributed by atoms with Crippen molar-refractivity contribution in [3.63, 3.8) is 0 Å². The number of carbonyl (C=O) groups excluding carboxylic acids is 2. The van der Waals surface area contributed by atoms with Crippen molar-refractivity contribution in [1.29, 1.82) is 0 Å². The Labute approximate surface area is 134 Å². The largest absolute Gasteiger partial charge is 0.364 e. The van der Waals surface area contributed by atoms with Crippen LogP contribution >= 0.6 is 0 Å². The zero-order chi connectivity index (χ0) is 16.8. The van der Waals surface area contributed by atoms with E-state index in [1.807, 2.05) is 38.1 Å². The molecule has 4 N–H and O–H groups in total. The number of amides is 2. The minimum atomic E-state index is -0.632. The number of aromatic nitrogens is 2. The van der Waals surface area contributed by atoms with Crippen LogP contribution in [0.4, 0.5) is 11.5 Å². The van der Waals surface area contributed by atoms with E-state index in [0.717, 1.165) is 11.3 Å². The number of hydrogen-bond acceptors (Lipinski definition) is 5. The maximum Gasteiger partial charge on any atom is 0.271 e. The lowest BCUT2D eigenvalue weighted by Crippen LogP contribution is -2.18. The van der Waals surface area contributed by atoms with E-state index in [4.69, 9.17) is 5.73 Å². The Hall–Kier alpha value is -2.96. The molecule has 0 unspecified atom stereocenters. The third kappa shape index (κ3) is 4.50. The first kappa shape index (κ1) is 16.4. The normalized spacial score (nSPS) is 10.4. The third-order valence-electron chi connectivity index (χ3n) is 3.14. The van der Waals surface area contributed by atoms with E-state index in [1.165, 1.54) is 12.4 Å². The molecule has 0 bridgehead atoms. The highest BCUT2D eigenvalue weighted by Crippen LogP contribution is 2.13. The molecular formula is C16H19N5O2. The van der Waals surface area contributed by atoms with Crippen molar-refractivity contribution < 1.29 is 9.59 Å². The number of rotatable bonds is 6. The van der Waals surface area contributed by atoms with Crippen molar-refractivity contribution in [2.24, 2.45) is 11.7 Å².